The zero-order valence-electron chi connectivity index (χ0n) is 11.0. The minimum absolute atomic E-state index is 0.0402. The topological polar surface area (TPSA) is 26.3 Å². The van der Waals surface area contributed by atoms with E-state index in [-0.39, 0.29) is 22.3 Å². The lowest BCUT2D eigenvalue weighted by Crippen LogP contribution is -2.33. The number of ketones is 1. The van der Waals surface area contributed by atoms with Gasteiger partial charge in [0.05, 0.1) is 10.6 Å². The predicted octanol–water partition coefficient (Wildman–Crippen LogP) is 4.26. The van der Waals surface area contributed by atoms with Gasteiger partial charge in [0.15, 0.2) is 5.78 Å². The molecule has 19 heavy (non-hydrogen) atoms. The molecule has 1 atom stereocenters. The van der Waals surface area contributed by atoms with Gasteiger partial charge in [-0.25, -0.2) is 4.39 Å². The fourth-order valence-electron chi connectivity index (χ4n) is 2.83. The molecule has 1 aromatic carbocycles. The normalized spacial score (nSPS) is 18.3. The van der Waals surface area contributed by atoms with Gasteiger partial charge in [-0.15, -0.1) is 0 Å². The van der Waals surface area contributed by atoms with Gasteiger partial charge in [0.25, 0.3) is 0 Å². The van der Waals surface area contributed by atoms with Crippen molar-refractivity contribution in [2.45, 2.75) is 38.2 Å². The average Bonchev–Trinajstić information content (AvgIpc) is 2.40. The highest BCUT2D eigenvalue weighted by molar-refractivity contribution is 6.34. The third kappa shape index (κ3) is 3.15. The summed E-state index contributed by atoms with van der Waals surface area (Å²) in [6.07, 6.45) is 4.72. The Morgan fingerprint density at radius 3 is 2.63 bits per heavy atom. The molecule has 1 aliphatic carbocycles. The third-order valence-corrected chi connectivity index (χ3v) is 4.11. The van der Waals surface area contributed by atoms with Gasteiger partial charge in [-0.05, 0) is 30.9 Å². The van der Waals surface area contributed by atoms with E-state index in [4.69, 9.17) is 16.3 Å². The van der Waals surface area contributed by atoms with Crippen LogP contribution in [0.25, 0.3) is 0 Å². The van der Waals surface area contributed by atoms with Crippen molar-refractivity contribution in [2.75, 3.05) is 7.11 Å². The Balaban J connectivity index is 2.25. The van der Waals surface area contributed by atoms with Crippen LogP contribution in [0.1, 0.15) is 42.5 Å². The molecule has 0 spiro atoms. The van der Waals surface area contributed by atoms with E-state index in [9.17, 15) is 9.18 Å². The molecule has 0 amide bonds. The lowest BCUT2D eigenvalue weighted by molar-refractivity contribution is 0.0311. The summed E-state index contributed by atoms with van der Waals surface area (Å²) in [5.74, 6) is -0.741. The first-order valence-electron chi connectivity index (χ1n) is 6.66. The molecule has 1 aromatic rings. The van der Waals surface area contributed by atoms with Gasteiger partial charge in [-0.2, -0.15) is 0 Å². The highest BCUT2D eigenvalue weighted by Crippen LogP contribution is 2.31. The number of hydrogen-bond acceptors (Lipinski definition) is 2. The van der Waals surface area contributed by atoms with Crippen LogP contribution in [0.5, 0.6) is 0 Å². The molecule has 0 aliphatic heterocycles. The van der Waals surface area contributed by atoms with Crippen LogP contribution in [-0.2, 0) is 4.74 Å². The van der Waals surface area contributed by atoms with Gasteiger partial charge < -0.3 is 4.74 Å². The molecule has 2 nitrogen and oxygen atoms in total. The van der Waals surface area contributed by atoms with Crippen molar-refractivity contribution in [1.29, 1.82) is 0 Å². The molecule has 104 valence electrons. The number of carbonyl (C=O) groups is 1. The molecule has 1 fully saturated rings. The first-order chi connectivity index (χ1) is 9.15. The first kappa shape index (κ1) is 14.5. The fraction of sp³-hybridized carbons (Fsp3) is 0.533. The zero-order chi connectivity index (χ0) is 13.8. The lowest BCUT2D eigenvalue weighted by Gasteiger charge is -2.28. The van der Waals surface area contributed by atoms with Crippen LogP contribution in [0.15, 0.2) is 18.2 Å². The smallest absolute Gasteiger partial charge is 0.196 e. The van der Waals surface area contributed by atoms with Gasteiger partial charge in [-0.3, -0.25) is 4.79 Å². The maximum Gasteiger partial charge on any atom is 0.196 e. The number of ether oxygens (including phenoxy) is 1. The van der Waals surface area contributed by atoms with E-state index in [1.54, 1.807) is 0 Å². The Hall–Kier alpha value is -0.930. The summed E-state index contributed by atoms with van der Waals surface area (Å²) in [5.41, 5.74) is -0.0402. The summed E-state index contributed by atoms with van der Waals surface area (Å²) >= 11 is 5.95. The highest BCUT2D eigenvalue weighted by Gasteiger charge is 2.32. The van der Waals surface area contributed by atoms with Crippen molar-refractivity contribution in [3.05, 3.63) is 34.6 Å². The molecule has 0 heterocycles. The highest BCUT2D eigenvalue weighted by atomic mass is 35.5. The van der Waals surface area contributed by atoms with Crippen molar-refractivity contribution in [3.8, 4) is 0 Å². The molecule has 4 heteroatoms. The second-order valence-electron chi connectivity index (χ2n) is 5.02. The number of Topliss-reactive ketones (excluding diaryl/α,β-unsaturated/α-hetero) is 1. The van der Waals surface area contributed by atoms with Gasteiger partial charge >= 0.3 is 0 Å². The summed E-state index contributed by atoms with van der Waals surface area (Å²) in [6, 6.07) is 4.29. The van der Waals surface area contributed by atoms with Gasteiger partial charge in [0.1, 0.15) is 11.9 Å². The van der Waals surface area contributed by atoms with Crippen LogP contribution in [0.4, 0.5) is 4.39 Å². The summed E-state index contributed by atoms with van der Waals surface area (Å²) in [6.45, 7) is 0. The van der Waals surface area contributed by atoms with Crippen LogP contribution < -0.4 is 0 Å². The van der Waals surface area contributed by atoms with Crippen LogP contribution in [0.3, 0.4) is 0 Å². The SMILES string of the molecule is COC(C(=O)c1c(F)cccc1Cl)C1CCCCC1. The van der Waals surface area contributed by atoms with Crippen molar-refractivity contribution >= 4 is 17.4 Å². The van der Waals surface area contributed by atoms with E-state index in [0.717, 1.165) is 25.7 Å². The standard InChI is InChI=1S/C15H18ClFO2/c1-19-15(10-6-3-2-4-7-10)14(18)13-11(16)8-5-9-12(13)17/h5,8-10,15H,2-4,6-7H2,1H3. The van der Waals surface area contributed by atoms with E-state index >= 15 is 0 Å². The molecule has 0 aromatic heterocycles. The summed E-state index contributed by atoms with van der Waals surface area (Å²) in [7, 11) is 1.51. The molecule has 1 saturated carbocycles. The number of halogens is 2. The number of benzene rings is 1. The van der Waals surface area contributed by atoms with E-state index in [2.05, 4.69) is 0 Å². The van der Waals surface area contributed by atoms with E-state index < -0.39 is 11.9 Å². The molecular weight excluding hydrogens is 267 g/mol. The van der Waals surface area contributed by atoms with Crippen molar-refractivity contribution in [1.82, 2.24) is 0 Å². The molecule has 1 aliphatic rings. The maximum absolute atomic E-state index is 13.8. The molecule has 0 saturated heterocycles. The number of hydrogen-bond donors (Lipinski definition) is 0. The Morgan fingerprint density at radius 2 is 2.05 bits per heavy atom. The van der Waals surface area contributed by atoms with Crippen molar-refractivity contribution < 1.29 is 13.9 Å². The number of methoxy groups -OCH3 is 1. The summed E-state index contributed by atoms with van der Waals surface area (Å²) in [5, 5.41) is 0.155. The molecule has 0 radical (unpaired) electrons. The minimum Gasteiger partial charge on any atom is -0.373 e. The average molecular weight is 285 g/mol. The number of carbonyl (C=O) groups excluding carboxylic acids is 1. The van der Waals surface area contributed by atoms with Crippen LogP contribution in [0.2, 0.25) is 5.02 Å². The molecule has 0 N–H and O–H groups in total. The quantitative estimate of drug-likeness (QED) is 0.772. The largest absolute Gasteiger partial charge is 0.373 e. The van der Waals surface area contributed by atoms with Crippen molar-refractivity contribution in [2.24, 2.45) is 5.92 Å². The number of rotatable bonds is 4. The Bertz CT molecular complexity index is 435. The Labute approximate surface area is 117 Å². The zero-order valence-corrected chi connectivity index (χ0v) is 11.8. The molecule has 2 rings (SSSR count). The second kappa shape index (κ2) is 6.49. The summed E-state index contributed by atoms with van der Waals surface area (Å²) in [4.78, 5) is 12.5. The third-order valence-electron chi connectivity index (χ3n) is 3.80. The summed E-state index contributed by atoms with van der Waals surface area (Å²) < 4.78 is 19.1. The van der Waals surface area contributed by atoms with Crippen LogP contribution in [0, 0.1) is 11.7 Å². The Morgan fingerprint density at radius 1 is 1.37 bits per heavy atom. The first-order valence-corrected chi connectivity index (χ1v) is 7.04. The lowest BCUT2D eigenvalue weighted by atomic mass is 9.82. The second-order valence-corrected chi connectivity index (χ2v) is 5.42. The van der Waals surface area contributed by atoms with E-state index in [1.807, 2.05) is 0 Å². The van der Waals surface area contributed by atoms with Gasteiger partial charge in [0.2, 0.25) is 0 Å². The molecular formula is C15H18ClFO2. The van der Waals surface area contributed by atoms with Crippen molar-refractivity contribution in [3.63, 3.8) is 0 Å². The Kier molecular flexibility index (Phi) is 4.94. The van der Waals surface area contributed by atoms with Gasteiger partial charge in [-0.1, -0.05) is 36.9 Å². The van der Waals surface area contributed by atoms with Crippen LogP contribution in [-0.4, -0.2) is 19.0 Å². The monoisotopic (exact) mass is 284 g/mol. The fourth-order valence-corrected chi connectivity index (χ4v) is 3.08. The van der Waals surface area contributed by atoms with E-state index in [0.29, 0.717) is 0 Å². The maximum atomic E-state index is 13.8. The van der Waals surface area contributed by atoms with Gasteiger partial charge in [0, 0.05) is 7.11 Å². The minimum atomic E-state index is -0.588. The van der Waals surface area contributed by atoms with E-state index in [1.165, 1.54) is 31.7 Å². The molecule has 1 unspecified atom stereocenters. The molecule has 0 bridgehead atoms. The van der Waals surface area contributed by atoms with Crippen LogP contribution >= 0.6 is 11.6 Å². The predicted molar refractivity (Wildman–Crippen MR) is 73.1 cm³/mol.